The number of anilines is 2. The highest BCUT2D eigenvalue weighted by atomic mass is 16.5. The zero-order valence-electron chi connectivity index (χ0n) is 25.1. The van der Waals surface area contributed by atoms with Crippen LogP contribution in [0.15, 0.2) is 47.1 Å². The summed E-state index contributed by atoms with van der Waals surface area (Å²) < 4.78 is 18.0. The van der Waals surface area contributed by atoms with Gasteiger partial charge in [-0.05, 0) is 81.8 Å². The fourth-order valence-corrected chi connectivity index (χ4v) is 5.86. The van der Waals surface area contributed by atoms with Crippen LogP contribution < -0.4 is 30.5 Å². The number of piperidine rings is 2. The first-order chi connectivity index (χ1) is 21.5. The molecule has 2 aliphatic heterocycles. The van der Waals surface area contributed by atoms with Crippen molar-refractivity contribution in [3.05, 3.63) is 54.0 Å². The van der Waals surface area contributed by atoms with Gasteiger partial charge in [0.05, 0.1) is 24.8 Å². The predicted molar refractivity (Wildman–Crippen MR) is 167 cm³/mol. The Morgan fingerprint density at radius 2 is 1.84 bits per heavy atom. The summed E-state index contributed by atoms with van der Waals surface area (Å²) in [5.74, 6) is 3.85. The number of aromatic nitrogens is 3. The van der Waals surface area contributed by atoms with E-state index < -0.39 is 5.91 Å². The van der Waals surface area contributed by atoms with E-state index in [1.54, 1.807) is 12.6 Å². The molecule has 4 aromatic rings. The third kappa shape index (κ3) is 6.71. The molecule has 5 heterocycles. The summed E-state index contributed by atoms with van der Waals surface area (Å²) in [6, 6.07) is 9.94. The summed E-state index contributed by atoms with van der Waals surface area (Å²) in [7, 11) is 1.67. The Morgan fingerprint density at radius 1 is 1.07 bits per heavy atom. The van der Waals surface area contributed by atoms with Gasteiger partial charge in [-0.25, -0.2) is 20.4 Å². The van der Waals surface area contributed by atoms with E-state index in [0.29, 0.717) is 35.9 Å². The van der Waals surface area contributed by atoms with Crippen molar-refractivity contribution in [3.63, 3.8) is 0 Å². The van der Waals surface area contributed by atoms with Gasteiger partial charge < -0.3 is 29.4 Å². The molecule has 3 aromatic heterocycles. The maximum absolute atomic E-state index is 11.6. The second kappa shape index (κ2) is 13.5. The minimum absolute atomic E-state index is 0.209. The number of hydroxylamine groups is 1. The van der Waals surface area contributed by atoms with Crippen molar-refractivity contribution in [1.82, 2.24) is 25.7 Å². The summed E-state index contributed by atoms with van der Waals surface area (Å²) in [4.78, 5) is 27.3. The molecule has 0 radical (unpaired) electrons. The molecule has 0 atom stereocenters. The van der Waals surface area contributed by atoms with Crippen molar-refractivity contribution in [1.29, 1.82) is 0 Å². The quantitative estimate of drug-likeness (QED) is 0.151. The van der Waals surface area contributed by atoms with Gasteiger partial charge in [0.15, 0.2) is 17.3 Å². The number of nitrogens with zero attached hydrogens (tertiary/aromatic N) is 4. The Kier molecular flexibility index (Phi) is 9.08. The van der Waals surface area contributed by atoms with Gasteiger partial charge in [0.1, 0.15) is 11.5 Å². The maximum atomic E-state index is 11.6. The predicted octanol–water partition coefficient (Wildman–Crippen LogP) is 4.43. The van der Waals surface area contributed by atoms with Crippen LogP contribution in [0, 0.1) is 18.8 Å². The van der Waals surface area contributed by atoms with Gasteiger partial charge in [-0.1, -0.05) is 0 Å². The molecule has 12 heteroatoms. The third-order valence-corrected chi connectivity index (χ3v) is 8.50. The number of hydrogen-bond donors (Lipinski definition) is 4. The number of ether oxygens (including phenoxy) is 2. The second-order valence-corrected chi connectivity index (χ2v) is 11.5. The molecular weight excluding hydrogens is 562 g/mol. The number of hydrogen-bond acceptors (Lipinski definition) is 11. The molecule has 0 spiro atoms. The average Bonchev–Trinajstić information content (AvgIpc) is 3.52. The number of nitrogens with one attached hydrogen (secondary N) is 3. The van der Waals surface area contributed by atoms with Gasteiger partial charge >= 0.3 is 0 Å². The highest BCUT2D eigenvalue weighted by molar-refractivity contribution is 5.95. The molecule has 12 nitrogen and oxygen atoms in total. The number of furan rings is 1. The molecule has 0 aliphatic carbocycles. The van der Waals surface area contributed by atoms with Crippen LogP contribution in [-0.2, 0) is 0 Å². The van der Waals surface area contributed by atoms with Crippen molar-refractivity contribution < 1.29 is 23.9 Å². The molecule has 2 fully saturated rings. The van der Waals surface area contributed by atoms with Gasteiger partial charge in [0, 0.05) is 49.2 Å². The lowest BCUT2D eigenvalue weighted by molar-refractivity contribution is 0.0705. The normalized spacial score (nSPS) is 16.2. The smallest absolute Gasteiger partial charge is 0.277 e. The SMILES string of the molecule is COc1cc2c(NCC3CCN(c4ncc(C(=O)NO)cn4)CC3)cc(-c3ccc(C)o3)nc2cc1OCC1CCNCC1. The molecule has 2 saturated heterocycles. The summed E-state index contributed by atoms with van der Waals surface area (Å²) >= 11 is 0. The van der Waals surface area contributed by atoms with Crippen LogP contribution in [-0.4, -0.2) is 72.5 Å². The number of pyridine rings is 1. The first kappa shape index (κ1) is 29.6. The van der Waals surface area contributed by atoms with Crippen LogP contribution in [0.1, 0.15) is 41.8 Å². The van der Waals surface area contributed by atoms with E-state index in [1.807, 2.05) is 37.3 Å². The van der Waals surface area contributed by atoms with E-state index in [2.05, 4.69) is 25.5 Å². The summed E-state index contributed by atoms with van der Waals surface area (Å²) in [6.07, 6.45) is 6.97. The van der Waals surface area contributed by atoms with E-state index >= 15 is 0 Å². The largest absolute Gasteiger partial charge is 0.493 e. The first-order valence-electron chi connectivity index (χ1n) is 15.2. The monoisotopic (exact) mass is 601 g/mol. The molecule has 0 bridgehead atoms. The van der Waals surface area contributed by atoms with Gasteiger partial charge in [-0.15, -0.1) is 0 Å². The van der Waals surface area contributed by atoms with Crippen molar-refractivity contribution in [3.8, 4) is 23.0 Å². The highest BCUT2D eigenvalue weighted by Crippen LogP contribution is 2.38. The number of carbonyl (C=O) groups excluding carboxylic acids is 1. The van der Waals surface area contributed by atoms with Gasteiger partial charge in [-0.2, -0.15) is 0 Å². The van der Waals surface area contributed by atoms with Crippen LogP contribution in [0.4, 0.5) is 11.6 Å². The lowest BCUT2D eigenvalue weighted by Crippen LogP contribution is -2.37. The van der Waals surface area contributed by atoms with Crippen molar-refractivity contribution in [2.45, 2.75) is 32.6 Å². The maximum Gasteiger partial charge on any atom is 0.277 e. The van der Waals surface area contributed by atoms with Gasteiger partial charge in [0.25, 0.3) is 5.91 Å². The lowest BCUT2D eigenvalue weighted by Gasteiger charge is -2.32. The van der Waals surface area contributed by atoms with E-state index in [1.165, 1.54) is 12.4 Å². The number of fused-ring (bicyclic) bond motifs is 1. The van der Waals surface area contributed by atoms with Crippen molar-refractivity contribution in [2.75, 3.05) is 56.7 Å². The van der Waals surface area contributed by atoms with Gasteiger partial charge in [-0.3, -0.25) is 10.0 Å². The van der Waals surface area contributed by atoms with E-state index in [0.717, 1.165) is 92.2 Å². The summed E-state index contributed by atoms with van der Waals surface area (Å²) in [5.41, 5.74) is 4.34. The zero-order valence-corrected chi connectivity index (χ0v) is 25.1. The minimum Gasteiger partial charge on any atom is -0.493 e. The Labute approximate surface area is 256 Å². The lowest BCUT2D eigenvalue weighted by atomic mass is 9.96. The minimum atomic E-state index is -0.631. The second-order valence-electron chi connectivity index (χ2n) is 11.5. The summed E-state index contributed by atoms with van der Waals surface area (Å²) in [6.45, 7) is 7.02. The molecule has 4 N–H and O–H groups in total. The number of amides is 1. The number of rotatable bonds is 10. The topological polar surface area (TPSA) is 147 Å². The van der Waals surface area contributed by atoms with Crippen molar-refractivity contribution >= 4 is 28.4 Å². The van der Waals surface area contributed by atoms with Gasteiger partial charge in [0.2, 0.25) is 5.95 Å². The number of methoxy groups -OCH3 is 1. The molecule has 1 amide bonds. The average molecular weight is 602 g/mol. The van der Waals surface area contributed by atoms with Crippen LogP contribution >= 0.6 is 0 Å². The molecular formula is C32H39N7O5. The summed E-state index contributed by atoms with van der Waals surface area (Å²) in [5, 5.41) is 16.9. The fraction of sp³-hybridized carbons (Fsp3) is 0.438. The molecule has 6 rings (SSSR count). The van der Waals surface area contributed by atoms with E-state index in [9.17, 15) is 4.79 Å². The number of carbonyl (C=O) groups is 1. The number of benzene rings is 1. The number of aryl methyl sites for hydroxylation is 1. The molecule has 1 aromatic carbocycles. The Balaban J connectivity index is 1.18. The Bertz CT molecular complexity index is 1580. The molecule has 0 unspecified atom stereocenters. The molecule has 2 aliphatic rings. The van der Waals surface area contributed by atoms with E-state index in [4.69, 9.17) is 24.1 Å². The van der Waals surface area contributed by atoms with Crippen molar-refractivity contribution in [2.24, 2.45) is 11.8 Å². The Morgan fingerprint density at radius 3 is 2.52 bits per heavy atom. The van der Waals surface area contributed by atoms with E-state index in [-0.39, 0.29) is 5.56 Å². The standard InChI is InChI=1S/C32H39N7O5/c1-20-3-4-28(44-20)27-14-25(24-13-29(42-2)30(15-26(24)37-27)43-19-22-5-9-33-10-6-22)34-16-21-7-11-39(12-8-21)32-35-17-23(18-36-32)31(40)38-41/h3-4,13-15,17-18,21-22,33,41H,5-12,16,19H2,1-2H3,(H,34,37)(H,38,40). The highest BCUT2D eigenvalue weighted by Gasteiger charge is 2.23. The molecule has 0 saturated carbocycles. The molecule has 232 valence electrons. The van der Waals surface area contributed by atoms with Crippen LogP contribution in [0.2, 0.25) is 0 Å². The Hall–Kier alpha value is -4.42. The fourth-order valence-electron chi connectivity index (χ4n) is 5.86. The zero-order chi connectivity index (χ0) is 30.5. The van der Waals surface area contributed by atoms with Crippen LogP contribution in [0.5, 0.6) is 11.5 Å². The first-order valence-corrected chi connectivity index (χ1v) is 15.2. The molecule has 44 heavy (non-hydrogen) atoms. The van der Waals surface area contributed by atoms with Crippen LogP contribution in [0.3, 0.4) is 0 Å². The van der Waals surface area contributed by atoms with Crippen LogP contribution in [0.25, 0.3) is 22.4 Å². The third-order valence-electron chi connectivity index (χ3n) is 8.50.